The fraction of sp³-hybridized carbons (Fsp3) is 0.625. The molecule has 2 atom stereocenters. The minimum absolute atomic E-state index is 0.254. The van der Waals surface area contributed by atoms with E-state index in [1.165, 1.54) is 5.56 Å². The number of nitrogens with one attached hydrogen (secondary N) is 1. The van der Waals surface area contributed by atoms with Crippen molar-refractivity contribution < 1.29 is 9.47 Å². The molecule has 1 N–H and O–H groups in total. The van der Waals surface area contributed by atoms with E-state index in [1.807, 2.05) is 6.07 Å². The van der Waals surface area contributed by atoms with Gasteiger partial charge in [0.1, 0.15) is 0 Å². The van der Waals surface area contributed by atoms with E-state index in [-0.39, 0.29) is 6.04 Å². The molecule has 1 aliphatic heterocycles. The van der Waals surface area contributed by atoms with Gasteiger partial charge in [0.15, 0.2) is 0 Å². The molecule has 0 amide bonds. The fourth-order valence-corrected chi connectivity index (χ4v) is 2.59. The van der Waals surface area contributed by atoms with Crippen molar-refractivity contribution >= 4 is 0 Å². The second kappa shape index (κ2) is 8.37. The molecule has 0 bridgehead atoms. The van der Waals surface area contributed by atoms with E-state index >= 15 is 0 Å². The molecule has 1 saturated heterocycles. The zero-order chi connectivity index (χ0) is 14.2. The van der Waals surface area contributed by atoms with Crippen LogP contribution in [0.4, 0.5) is 0 Å². The molecule has 0 spiro atoms. The van der Waals surface area contributed by atoms with Crippen LogP contribution in [0, 0.1) is 0 Å². The summed E-state index contributed by atoms with van der Waals surface area (Å²) < 4.78 is 10.7. The average molecular weight is 278 g/mol. The lowest BCUT2D eigenvalue weighted by Crippen LogP contribution is -2.47. The molecule has 112 valence electrons. The number of ether oxygens (including phenoxy) is 2. The number of hydrogen-bond acceptors (Lipinski definition) is 4. The highest BCUT2D eigenvalue weighted by Crippen LogP contribution is 2.13. The van der Waals surface area contributed by atoms with Crippen molar-refractivity contribution in [3.63, 3.8) is 0 Å². The van der Waals surface area contributed by atoms with Gasteiger partial charge in [0.05, 0.1) is 25.9 Å². The van der Waals surface area contributed by atoms with Crippen molar-refractivity contribution in [2.75, 3.05) is 46.6 Å². The zero-order valence-electron chi connectivity index (χ0n) is 12.5. The molecule has 20 heavy (non-hydrogen) atoms. The van der Waals surface area contributed by atoms with Gasteiger partial charge in [0, 0.05) is 32.8 Å². The van der Waals surface area contributed by atoms with Crippen molar-refractivity contribution in [2.24, 2.45) is 0 Å². The summed E-state index contributed by atoms with van der Waals surface area (Å²) in [4.78, 5) is 2.48. The molecule has 1 aromatic carbocycles. The Morgan fingerprint density at radius 1 is 1.25 bits per heavy atom. The highest BCUT2D eigenvalue weighted by Gasteiger charge is 2.18. The second-order valence-electron chi connectivity index (χ2n) is 5.32. The Balaban J connectivity index is 1.85. The summed E-state index contributed by atoms with van der Waals surface area (Å²) in [6.45, 7) is 7.69. The summed E-state index contributed by atoms with van der Waals surface area (Å²) in [5.74, 6) is 0. The molecule has 4 nitrogen and oxygen atoms in total. The normalized spacial score (nSPS) is 19.7. The number of benzene rings is 1. The summed E-state index contributed by atoms with van der Waals surface area (Å²) in [5.41, 5.74) is 1.28. The molecule has 4 heteroatoms. The molecule has 1 aliphatic rings. The third kappa shape index (κ3) is 4.56. The van der Waals surface area contributed by atoms with E-state index in [0.29, 0.717) is 12.6 Å². The molecule has 0 aromatic heterocycles. The lowest BCUT2D eigenvalue weighted by molar-refractivity contribution is 0.0192. The largest absolute Gasteiger partial charge is 0.383 e. The van der Waals surface area contributed by atoms with Gasteiger partial charge in [-0.1, -0.05) is 30.3 Å². The maximum atomic E-state index is 5.40. The first-order valence-corrected chi connectivity index (χ1v) is 7.40. The standard InChI is InChI=1S/C16H26N2O2/c1-14(18-8-10-20-11-9-18)12-17-16(13-19-2)15-6-4-3-5-7-15/h3-7,14,16-17H,8-13H2,1-2H3/t14-,16+/m1/s1. The van der Waals surface area contributed by atoms with E-state index in [9.17, 15) is 0 Å². The summed E-state index contributed by atoms with van der Waals surface area (Å²) in [7, 11) is 1.75. The van der Waals surface area contributed by atoms with Crippen LogP contribution in [0.25, 0.3) is 0 Å². The van der Waals surface area contributed by atoms with Gasteiger partial charge >= 0.3 is 0 Å². The van der Waals surface area contributed by atoms with Gasteiger partial charge in [-0.25, -0.2) is 0 Å². The van der Waals surface area contributed by atoms with Gasteiger partial charge in [-0.15, -0.1) is 0 Å². The number of nitrogens with zero attached hydrogens (tertiary/aromatic N) is 1. The highest BCUT2D eigenvalue weighted by atomic mass is 16.5. The molecule has 1 aromatic rings. The topological polar surface area (TPSA) is 33.7 Å². The van der Waals surface area contributed by atoms with Crippen molar-refractivity contribution in [3.05, 3.63) is 35.9 Å². The number of rotatable bonds is 7. The maximum absolute atomic E-state index is 5.40. The van der Waals surface area contributed by atoms with Crippen LogP contribution in [-0.4, -0.2) is 57.5 Å². The lowest BCUT2D eigenvalue weighted by Gasteiger charge is -2.33. The molecule has 0 saturated carbocycles. The van der Waals surface area contributed by atoms with Crippen molar-refractivity contribution in [1.82, 2.24) is 10.2 Å². The summed E-state index contributed by atoms with van der Waals surface area (Å²) in [6.07, 6.45) is 0. The van der Waals surface area contributed by atoms with E-state index in [0.717, 1.165) is 32.8 Å². The van der Waals surface area contributed by atoms with Crippen molar-refractivity contribution in [1.29, 1.82) is 0 Å². The van der Waals surface area contributed by atoms with Gasteiger partial charge in [0.25, 0.3) is 0 Å². The average Bonchev–Trinajstić information content (AvgIpc) is 2.53. The van der Waals surface area contributed by atoms with Crippen molar-refractivity contribution in [3.8, 4) is 0 Å². The summed E-state index contributed by atoms with van der Waals surface area (Å²) in [5, 5.41) is 3.63. The fourth-order valence-electron chi connectivity index (χ4n) is 2.59. The Labute approximate surface area is 122 Å². The van der Waals surface area contributed by atoms with Crippen LogP contribution in [-0.2, 0) is 9.47 Å². The number of morpholine rings is 1. The van der Waals surface area contributed by atoms with Crippen LogP contribution in [0.1, 0.15) is 18.5 Å². The van der Waals surface area contributed by atoms with E-state index in [4.69, 9.17) is 9.47 Å². The Bertz CT molecular complexity index is 366. The highest BCUT2D eigenvalue weighted by molar-refractivity contribution is 5.18. The number of methoxy groups -OCH3 is 1. The quantitative estimate of drug-likeness (QED) is 0.823. The molecular formula is C16H26N2O2. The van der Waals surface area contributed by atoms with Crippen LogP contribution < -0.4 is 5.32 Å². The van der Waals surface area contributed by atoms with Crippen LogP contribution in [0.15, 0.2) is 30.3 Å². The molecule has 0 unspecified atom stereocenters. The Kier molecular flexibility index (Phi) is 6.47. The van der Waals surface area contributed by atoms with Crippen LogP contribution in [0.2, 0.25) is 0 Å². The lowest BCUT2D eigenvalue weighted by atomic mass is 10.1. The van der Waals surface area contributed by atoms with Crippen molar-refractivity contribution in [2.45, 2.75) is 19.0 Å². The Morgan fingerprint density at radius 2 is 1.95 bits per heavy atom. The molecule has 2 rings (SSSR count). The second-order valence-corrected chi connectivity index (χ2v) is 5.32. The molecule has 0 aliphatic carbocycles. The van der Waals surface area contributed by atoms with Gasteiger partial charge in [-0.3, -0.25) is 4.90 Å². The number of hydrogen-bond donors (Lipinski definition) is 1. The van der Waals surface area contributed by atoms with Gasteiger partial charge in [0.2, 0.25) is 0 Å². The summed E-state index contributed by atoms with van der Waals surface area (Å²) >= 11 is 0. The molecule has 0 radical (unpaired) electrons. The SMILES string of the molecule is COC[C@H](NC[C@@H](C)N1CCOCC1)c1ccccc1. The van der Waals surface area contributed by atoms with Crippen LogP contribution in [0.3, 0.4) is 0 Å². The van der Waals surface area contributed by atoms with Gasteiger partial charge in [-0.2, -0.15) is 0 Å². The van der Waals surface area contributed by atoms with Gasteiger partial charge < -0.3 is 14.8 Å². The minimum atomic E-state index is 0.254. The monoisotopic (exact) mass is 278 g/mol. The maximum Gasteiger partial charge on any atom is 0.0657 e. The predicted octanol–water partition coefficient (Wildman–Crippen LogP) is 1.68. The molecule has 1 fully saturated rings. The van der Waals surface area contributed by atoms with E-state index < -0.39 is 0 Å². The van der Waals surface area contributed by atoms with Gasteiger partial charge in [-0.05, 0) is 12.5 Å². The third-order valence-corrected chi connectivity index (χ3v) is 3.86. The molecule has 1 heterocycles. The Morgan fingerprint density at radius 3 is 2.60 bits per heavy atom. The first-order valence-electron chi connectivity index (χ1n) is 7.40. The molecular weight excluding hydrogens is 252 g/mol. The minimum Gasteiger partial charge on any atom is -0.383 e. The third-order valence-electron chi connectivity index (χ3n) is 3.86. The first kappa shape index (κ1) is 15.4. The van der Waals surface area contributed by atoms with E-state index in [2.05, 4.69) is 41.4 Å². The van der Waals surface area contributed by atoms with Crippen LogP contribution >= 0.6 is 0 Å². The Hall–Kier alpha value is -0.940. The summed E-state index contributed by atoms with van der Waals surface area (Å²) in [6, 6.07) is 11.3. The zero-order valence-corrected chi connectivity index (χ0v) is 12.5. The smallest absolute Gasteiger partial charge is 0.0657 e. The van der Waals surface area contributed by atoms with E-state index in [1.54, 1.807) is 7.11 Å². The predicted molar refractivity (Wildman–Crippen MR) is 80.9 cm³/mol. The van der Waals surface area contributed by atoms with Crippen LogP contribution in [0.5, 0.6) is 0 Å². The first-order chi connectivity index (χ1) is 9.81.